The van der Waals surface area contributed by atoms with Crippen molar-refractivity contribution in [2.45, 2.75) is 34.6 Å². The van der Waals surface area contributed by atoms with Gasteiger partial charge in [0.05, 0.1) is 18.6 Å². The molecule has 0 amide bonds. The van der Waals surface area contributed by atoms with E-state index in [9.17, 15) is 15.3 Å². The van der Waals surface area contributed by atoms with Crippen LogP contribution >= 0.6 is 23.4 Å². The van der Waals surface area contributed by atoms with E-state index in [2.05, 4.69) is 9.98 Å². The minimum absolute atomic E-state index is 0.260. The number of imidazole rings is 1. The van der Waals surface area contributed by atoms with E-state index in [0.717, 1.165) is 9.87 Å². The van der Waals surface area contributed by atoms with Gasteiger partial charge in [0.15, 0.2) is 23.8 Å². The number of benzene rings is 2. The molecule has 3 heterocycles. The molecule has 170 valence electrons. The summed E-state index contributed by atoms with van der Waals surface area (Å²) < 4.78 is 15.8. The Labute approximate surface area is 198 Å². The van der Waals surface area contributed by atoms with E-state index in [1.54, 1.807) is 12.1 Å². The molecule has 4 aromatic rings. The highest BCUT2D eigenvalue weighted by Crippen LogP contribution is 2.37. The molecule has 9 nitrogen and oxygen atoms in total. The molecular weight excluding hydrogens is 466 g/mol. The number of fused-ring (bicyclic) bond motifs is 1. The highest BCUT2D eigenvalue weighted by atomic mass is 35.5. The number of aromatic nitrogens is 4. The fourth-order valence-electron chi connectivity index (χ4n) is 3.59. The van der Waals surface area contributed by atoms with Crippen LogP contribution in [-0.2, 0) is 4.74 Å². The number of nitrogens with one attached hydrogen (secondary N) is 1. The zero-order valence-electron chi connectivity index (χ0n) is 18.1. The first-order chi connectivity index (χ1) is 16.5. The lowest BCUT2D eigenvalue weighted by Gasteiger charge is -2.19. The first-order valence-electron chi connectivity index (χ1n) is 10.6. The van der Waals surface area contributed by atoms with Gasteiger partial charge in [0.1, 0.15) is 24.0 Å². The Bertz CT molecular complexity index is 1380. The van der Waals surface area contributed by atoms with Crippen LogP contribution in [0.4, 0.5) is 5.69 Å². The number of rotatable bonds is 5. The molecule has 0 unspecified atom stereocenters. The van der Waals surface area contributed by atoms with Gasteiger partial charge >= 0.3 is 0 Å². The summed E-state index contributed by atoms with van der Waals surface area (Å²) in [5.41, 5.74) is 1.52. The quantitative estimate of drug-likeness (QED) is 0.341. The van der Waals surface area contributed by atoms with Gasteiger partial charge in [0.2, 0.25) is 0 Å². The van der Waals surface area contributed by atoms with Gasteiger partial charge in [0, 0.05) is 9.92 Å². The fraction of sp³-hybridized carbons (Fsp3) is 0.227. The van der Waals surface area contributed by atoms with Crippen LogP contribution in [0.3, 0.4) is 0 Å². The predicted molar refractivity (Wildman–Crippen MR) is 122 cm³/mol. The van der Waals surface area contributed by atoms with Gasteiger partial charge in [-0.3, -0.25) is 4.57 Å². The Hall–Kier alpha value is -2.73. The van der Waals surface area contributed by atoms with Crippen LogP contribution < -0.4 is 5.49 Å². The van der Waals surface area contributed by atoms with Gasteiger partial charge < -0.3 is 25.0 Å². The number of para-hydroxylation sites is 1. The number of ether oxygens (including phenoxy) is 1. The third-order valence-corrected chi connectivity index (χ3v) is 6.44. The van der Waals surface area contributed by atoms with Crippen LogP contribution in [0, 0.1) is 0 Å². The minimum Gasteiger partial charge on any atom is -0.394 e. The first kappa shape index (κ1) is 20.8. The van der Waals surface area contributed by atoms with E-state index in [0.29, 0.717) is 21.4 Å². The lowest BCUT2D eigenvalue weighted by molar-refractivity contribution is -0.0548. The van der Waals surface area contributed by atoms with Crippen LogP contribution in [0.5, 0.6) is 0 Å². The average molecular weight is 487 g/mol. The molecule has 2 aromatic carbocycles. The highest BCUT2D eigenvalue weighted by Gasteiger charge is 2.45. The van der Waals surface area contributed by atoms with Crippen LogP contribution in [0.25, 0.3) is 11.2 Å². The number of halogens is 1. The van der Waals surface area contributed by atoms with Crippen LogP contribution in [0.2, 0.25) is 6.43 Å². The summed E-state index contributed by atoms with van der Waals surface area (Å²) in [6, 6.07) is 16.3. The van der Waals surface area contributed by atoms with Gasteiger partial charge in [-0.2, -0.15) is 0 Å². The van der Waals surface area contributed by atoms with Gasteiger partial charge in [-0.1, -0.05) is 41.6 Å². The van der Waals surface area contributed by atoms with E-state index in [1.165, 1.54) is 22.7 Å². The number of aromatic amines is 1. The zero-order valence-corrected chi connectivity index (χ0v) is 18.6. The normalized spacial score (nSPS) is 23.9. The largest absolute Gasteiger partial charge is 0.394 e. The molecule has 5 rings (SSSR count). The smallest absolute Gasteiger partial charge is 0.184 e. The van der Waals surface area contributed by atoms with Crippen molar-refractivity contribution in [2.75, 3.05) is 6.61 Å². The minimum atomic E-state index is -1.36. The van der Waals surface area contributed by atoms with E-state index >= 15 is 0 Å². The molecule has 4 N–H and O–H groups in total. The molecule has 1 aliphatic rings. The van der Waals surface area contributed by atoms with Crippen molar-refractivity contribution in [3.63, 3.8) is 0 Å². The molecule has 0 radical (unpaired) electrons. The molecule has 0 bridgehead atoms. The predicted octanol–water partition coefficient (Wildman–Crippen LogP) is 2.41. The van der Waals surface area contributed by atoms with Crippen molar-refractivity contribution in [3.05, 3.63) is 71.4 Å². The van der Waals surface area contributed by atoms with Gasteiger partial charge in [-0.15, -0.1) is 0 Å². The summed E-state index contributed by atoms with van der Waals surface area (Å²) in [6.45, 7) is -0.474. The number of nitrogens with zero attached hydrogens (tertiary/aromatic N) is 4. The maximum atomic E-state index is 10.7. The lowest BCUT2D eigenvalue weighted by atomic mass is 10.1. The Morgan fingerprint density at radius 1 is 1.15 bits per heavy atom. The number of hydrogen-bond acceptors (Lipinski definition) is 8. The molecule has 4 atom stereocenters. The molecule has 0 aliphatic carbocycles. The summed E-state index contributed by atoms with van der Waals surface area (Å²) in [5.74, 6) is 0. The average Bonchev–Trinajstić information content (AvgIpc) is 3.35. The van der Waals surface area contributed by atoms with E-state index < -0.39 is 31.1 Å². The monoisotopic (exact) mass is 486 g/mol. The molecule has 1 saturated heterocycles. The van der Waals surface area contributed by atoms with E-state index in [-0.39, 0.29) is 11.1 Å². The van der Waals surface area contributed by atoms with Crippen molar-refractivity contribution >= 4 is 40.2 Å². The molecule has 0 spiro atoms. The van der Waals surface area contributed by atoms with Crippen molar-refractivity contribution in [1.29, 1.82) is 0 Å². The second-order valence-corrected chi connectivity index (χ2v) is 8.84. The van der Waals surface area contributed by atoms with Gasteiger partial charge in [0.25, 0.3) is 0 Å². The van der Waals surface area contributed by atoms with Crippen LogP contribution in [-0.4, -0.2) is 59.8 Å². The molecule has 2 aromatic heterocycles. The number of H-pyrrole nitrogens is 1. The number of aliphatic hydroxyl groups excluding tert-OH is 3. The van der Waals surface area contributed by atoms with E-state index in [4.69, 9.17) is 22.7 Å². The Balaban J connectivity index is 1.72. The first-order valence-corrected chi connectivity index (χ1v) is 11.3. The Kier molecular flexibility index (Phi) is 5.85. The lowest BCUT2D eigenvalue weighted by Crippen LogP contribution is -2.33. The zero-order chi connectivity index (χ0) is 23.8. The Morgan fingerprint density at radius 2 is 1.91 bits per heavy atom. The summed E-state index contributed by atoms with van der Waals surface area (Å²) in [5, 5.41) is 31.6. The van der Waals surface area contributed by atoms with E-state index in [1.807, 2.05) is 42.5 Å². The molecule has 11 heteroatoms. The van der Waals surface area contributed by atoms with Crippen molar-refractivity contribution in [1.82, 2.24) is 19.5 Å². The SMILES string of the molecule is [2H]n1cnc(=Nc2ccccc2)c2nc(Sc3ccc(Cl)cc3)n([C@@H]3O[C@H](CO)[C@@H](O)[C@H]3O)c21. The number of aliphatic hydroxyl groups is 3. The summed E-state index contributed by atoms with van der Waals surface area (Å²) in [7, 11) is 0. The van der Waals surface area contributed by atoms with Crippen molar-refractivity contribution in [3.8, 4) is 0 Å². The maximum Gasteiger partial charge on any atom is 0.184 e. The summed E-state index contributed by atoms with van der Waals surface area (Å²) in [6.07, 6.45) is -3.48. The van der Waals surface area contributed by atoms with Crippen LogP contribution in [0.15, 0.2) is 76.0 Å². The highest BCUT2D eigenvalue weighted by molar-refractivity contribution is 7.99. The molecular formula is C22H20ClN5O4S. The number of hydrogen-bond donors (Lipinski definition) is 4. The molecule has 1 aliphatic heterocycles. The van der Waals surface area contributed by atoms with Gasteiger partial charge in [-0.05, 0) is 36.4 Å². The maximum absolute atomic E-state index is 10.7. The standard InChI is InChI=1S/C22H20ClN5O4S/c23-12-6-8-14(9-7-12)33-22-27-16-19(26-13-4-2-1-3-5-13)24-11-25-20(16)28(22)21-18(31)17(30)15(10-29)32-21/h1-9,11,15,17-18,21,29-31H,10H2,(H,24,25,26)/t15-,17-,18-,21-/m1/s1/i/hD. The molecule has 33 heavy (non-hydrogen) atoms. The third-order valence-electron chi connectivity index (χ3n) is 5.21. The fourth-order valence-corrected chi connectivity index (χ4v) is 4.62. The van der Waals surface area contributed by atoms with Crippen LogP contribution in [0.1, 0.15) is 6.23 Å². The van der Waals surface area contributed by atoms with Gasteiger partial charge in [-0.25, -0.2) is 15.0 Å². The van der Waals surface area contributed by atoms with Crippen molar-refractivity contribution in [2.24, 2.45) is 4.99 Å². The molecule has 1 fully saturated rings. The Morgan fingerprint density at radius 3 is 2.61 bits per heavy atom. The summed E-state index contributed by atoms with van der Waals surface area (Å²) in [4.78, 5) is 15.4. The van der Waals surface area contributed by atoms with Crippen molar-refractivity contribution < 1.29 is 21.5 Å². The second kappa shape index (κ2) is 9.26. The second-order valence-electron chi connectivity index (χ2n) is 7.37. The topological polar surface area (TPSA) is 129 Å². The summed E-state index contributed by atoms with van der Waals surface area (Å²) >= 11 is 7.28. The molecule has 0 saturated carbocycles. The third kappa shape index (κ3) is 4.29.